The molecule has 3 heterocycles. The average Bonchev–Trinajstić information content (AvgIpc) is 3.73. The van der Waals surface area contributed by atoms with E-state index in [1.54, 1.807) is 11.8 Å². The van der Waals surface area contributed by atoms with Gasteiger partial charge in [0.1, 0.15) is 5.75 Å². The Bertz CT molecular complexity index is 1800. The molecule has 1 amide bonds. The van der Waals surface area contributed by atoms with Gasteiger partial charge in [-0.15, -0.1) is 0 Å². The first-order valence-corrected chi connectivity index (χ1v) is 13.2. The Morgan fingerprint density at radius 1 is 0.902 bits per heavy atom. The zero-order valence-electron chi connectivity index (χ0n) is 22.9. The highest BCUT2D eigenvalue weighted by atomic mass is 16.5. The average molecular weight is 545 g/mol. The number of benzene rings is 3. The third kappa shape index (κ3) is 5.25. The Kier molecular flexibility index (Phi) is 6.91. The lowest BCUT2D eigenvalue weighted by atomic mass is 10.1. The van der Waals surface area contributed by atoms with Gasteiger partial charge in [-0.05, 0) is 68.4 Å². The van der Waals surface area contributed by atoms with Crippen LogP contribution in [-0.2, 0) is 6.54 Å². The van der Waals surface area contributed by atoms with Crippen molar-refractivity contribution in [3.63, 3.8) is 0 Å². The van der Waals surface area contributed by atoms with Crippen LogP contribution in [0.5, 0.6) is 5.75 Å². The molecule has 0 unspecified atom stereocenters. The van der Waals surface area contributed by atoms with Gasteiger partial charge in [0, 0.05) is 35.1 Å². The SMILES string of the molecule is COc1ccc(-c2nn(-c3ccccc3)cc2CNC(=O)c2nc(-c3ccccc3)oc2-n2nc(C)cc2C)cc1. The zero-order valence-corrected chi connectivity index (χ0v) is 22.9. The molecule has 9 nitrogen and oxygen atoms in total. The summed E-state index contributed by atoms with van der Waals surface area (Å²) in [7, 11) is 1.63. The zero-order chi connectivity index (χ0) is 28.3. The maximum absolute atomic E-state index is 13.7. The fourth-order valence-corrected chi connectivity index (χ4v) is 4.65. The Balaban J connectivity index is 1.35. The van der Waals surface area contributed by atoms with Crippen molar-refractivity contribution in [3.8, 4) is 40.0 Å². The van der Waals surface area contributed by atoms with Gasteiger partial charge in [-0.2, -0.15) is 10.2 Å². The van der Waals surface area contributed by atoms with Crippen LogP contribution >= 0.6 is 0 Å². The van der Waals surface area contributed by atoms with Gasteiger partial charge in [0.05, 0.1) is 24.2 Å². The van der Waals surface area contributed by atoms with Gasteiger partial charge in [0.25, 0.3) is 11.8 Å². The Hall–Kier alpha value is -5.44. The van der Waals surface area contributed by atoms with Crippen LogP contribution < -0.4 is 10.1 Å². The minimum Gasteiger partial charge on any atom is -0.497 e. The van der Waals surface area contributed by atoms with Crippen molar-refractivity contribution >= 4 is 5.91 Å². The topological polar surface area (TPSA) is 100 Å². The number of methoxy groups -OCH3 is 1. The van der Waals surface area contributed by atoms with E-state index < -0.39 is 0 Å². The number of carbonyl (C=O) groups is 1. The molecule has 9 heteroatoms. The second-order valence-electron chi connectivity index (χ2n) is 9.57. The number of aryl methyl sites for hydroxylation is 2. The second-order valence-corrected chi connectivity index (χ2v) is 9.57. The number of amides is 1. The molecule has 0 bridgehead atoms. The van der Waals surface area contributed by atoms with E-state index in [1.807, 2.05) is 116 Å². The summed E-state index contributed by atoms with van der Waals surface area (Å²) >= 11 is 0. The molecule has 41 heavy (non-hydrogen) atoms. The van der Waals surface area contributed by atoms with Crippen LogP contribution in [0.15, 0.2) is 102 Å². The van der Waals surface area contributed by atoms with E-state index in [1.165, 1.54) is 0 Å². The highest BCUT2D eigenvalue weighted by Crippen LogP contribution is 2.28. The van der Waals surface area contributed by atoms with E-state index in [2.05, 4.69) is 15.4 Å². The van der Waals surface area contributed by atoms with Crippen LogP contribution in [0.25, 0.3) is 34.3 Å². The van der Waals surface area contributed by atoms with Crippen molar-refractivity contribution in [1.29, 1.82) is 0 Å². The van der Waals surface area contributed by atoms with Gasteiger partial charge in [-0.25, -0.2) is 14.3 Å². The number of carbonyl (C=O) groups excluding carboxylic acids is 1. The summed E-state index contributed by atoms with van der Waals surface area (Å²) in [4.78, 5) is 18.3. The molecule has 3 aromatic heterocycles. The molecule has 6 rings (SSSR count). The number of hydrogen-bond acceptors (Lipinski definition) is 6. The fraction of sp³-hybridized carbons (Fsp3) is 0.125. The molecule has 1 N–H and O–H groups in total. The maximum Gasteiger partial charge on any atom is 0.275 e. The first-order chi connectivity index (χ1) is 20.0. The minimum atomic E-state index is -0.383. The van der Waals surface area contributed by atoms with Crippen molar-refractivity contribution in [2.45, 2.75) is 20.4 Å². The summed E-state index contributed by atoms with van der Waals surface area (Å²) in [5.41, 5.74) is 5.96. The molecule has 0 atom stereocenters. The van der Waals surface area contributed by atoms with Crippen molar-refractivity contribution < 1.29 is 13.9 Å². The smallest absolute Gasteiger partial charge is 0.275 e. The van der Waals surface area contributed by atoms with E-state index >= 15 is 0 Å². The van der Waals surface area contributed by atoms with E-state index in [-0.39, 0.29) is 24.0 Å². The van der Waals surface area contributed by atoms with Gasteiger partial charge in [-0.3, -0.25) is 4.79 Å². The Morgan fingerprint density at radius 3 is 2.27 bits per heavy atom. The minimum absolute atomic E-state index is 0.150. The third-order valence-corrected chi connectivity index (χ3v) is 6.66. The molecule has 0 saturated carbocycles. The summed E-state index contributed by atoms with van der Waals surface area (Å²) in [6, 6.07) is 28.9. The number of nitrogens with zero attached hydrogens (tertiary/aromatic N) is 5. The van der Waals surface area contributed by atoms with E-state index in [0.717, 1.165) is 45.2 Å². The van der Waals surface area contributed by atoms with Crippen molar-refractivity contribution in [1.82, 2.24) is 29.9 Å². The number of hydrogen-bond donors (Lipinski definition) is 1. The molecule has 0 radical (unpaired) electrons. The lowest BCUT2D eigenvalue weighted by Crippen LogP contribution is -2.24. The summed E-state index contributed by atoms with van der Waals surface area (Å²) in [5.74, 6) is 0.978. The number of aromatic nitrogens is 5. The second kappa shape index (κ2) is 11.0. The standard InChI is InChI=1S/C32H28N6O3/c1-21-18-22(2)38(35-21)32-29(34-31(41-32)24-10-6-4-7-11-24)30(39)33-19-25-20-37(26-12-8-5-9-13-26)36-28(25)23-14-16-27(40-3)17-15-23/h4-18,20H,19H2,1-3H3,(H,33,39). The first kappa shape index (κ1) is 25.8. The van der Waals surface area contributed by atoms with Crippen LogP contribution in [0.2, 0.25) is 0 Å². The Labute approximate surface area is 237 Å². The number of nitrogens with one attached hydrogen (secondary N) is 1. The quantitative estimate of drug-likeness (QED) is 0.255. The molecule has 204 valence electrons. The molecular weight excluding hydrogens is 516 g/mol. The predicted molar refractivity (Wildman–Crippen MR) is 155 cm³/mol. The van der Waals surface area contributed by atoms with Crippen LogP contribution in [-0.4, -0.2) is 37.6 Å². The monoisotopic (exact) mass is 544 g/mol. The first-order valence-electron chi connectivity index (χ1n) is 13.2. The number of rotatable bonds is 8. The van der Waals surface area contributed by atoms with Gasteiger partial charge < -0.3 is 14.5 Å². The molecule has 0 spiro atoms. The molecular formula is C32H28N6O3. The molecule has 0 saturated heterocycles. The number of para-hydroxylation sites is 1. The Morgan fingerprint density at radius 2 is 1.61 bits per heavy atom. The molecule has 0 aliphatic rings. The maximum atomic E-state index is 13.7. The summed E-state index contributed by atoms with van der Waals surface area (Å²) in [6.07, 6.45) is 1.93. The normalized spacial score (nSPS) is 11.0. The van der Waals surface area contributed by atoms with Gasteiger partial charge in [0.2, 0.25) is 5.89 Å². The van der Waals surface area contributed by atoms with Crippen LogP contribution in [0, 0.1) is 13.8 Å². The van der Waals surface area contributed by atoms with Gasteiger partial charge in [0.15, 0.2) is 5.69 Å². The number of ether oxygens (including phenoxy) is 1. The predicted octanol–water partition coefficient (Wildman–Crippen LogP) is 5.94. The largest absolute Gasteiger partial charge is 0.497 e. The molecule has 0 fully saturated rings. The lowest BCUT2D eigenvalue weighted by molar-refractivity contribution is 0.0945. The van der Waals surface area contributed by atoms with E-state index in [0.29, 0.717) is 5.89 Å². The fourth-order valence-electron chi connectivity index (χ4n) is 4.65. The van der Waals surface area contributed by atoms with Crippen LogP contribution in [0.1, 0.15) is 27.4 Å². The molecule has 6 aromatic rings. The number of oxazole rings is 1. The summed E-state index contributed by atoms with van der Waals surface area (Å²) in [5, 5.41) is 12.4. The molecule has 0 aliphatic heterocycles. The van der Waals surface area contributed by atoms with E-state index in [9.17, 15) is 4.79 Å². The van der Waals surface area contributed by atoms with Crippen molar-refractivity contribution in [3.05, 3.63) is 120 Å². The third-order valence-electron chi connectivity index (χ3n) is 6.66. The highest BCUT2D eigenvalue weighted by Gasteiger charge is 2.25. The van der Waals surface area contributed by atoms with Crippen molar-refractivity contribution in [2.24, 2.45) is 0 Å². The lowest BCUT2D eigenvalue weighted by Gasteiger charge is -2.07. The summed E-state index contributed by atoms with van der Waals surface area (Å²) in [6.45, 7) is 4.02. The van der Waals surface area contributed by atoms with Crippen LogP contribution in [0.3, 0.4) is 0 Å². The van der Waals surface area contributed by atoms with E-state index in [4.69, 9.17) is 14.3 Å². The van der Waals surface area contributed by atoms with Crippen molar-refractivity contribution in [2.75, 3.05) is 7.11 Å². The van der Waals surface area contributed by atoms with Gasteiger partial charge in [-0.1, -0.05) is 36.4 Å². The van der Waals surface area contributed by atoms with Gasteiger partial charge >= 0.3 is 0 Å². The molecule has 3 aromatic carbocycles. The highest BCUT2D eigenvalue weighted by molar-refractivity contribution is 5.95. The summed E-state index contributed by atoms with van der Waals surface area (Å²) < 4.78 is 14.9. The van der Waals surface area contributed by atoms with Crippen LogP contribution in [0.4, 0.5) is 0 Å². The molecule has 0 aliphatic carbocycles.